The lowest BCUT2D eigenvalue weighted by molar-refractivity contribution is -0.140. The number of pyridine rings is 2. The Bertz CT molecular complexity index is 1160. The van der Waals surface area contributed by atoms with E-state index in [9.17, 15) is 22.8 Å². The van der Waals surface area contributed by atoms with Gasteiger partial charge in [0.15, 0.2) is 5.69 Å². The Labute approximate surface area is 191 Å². The molecule has 8 nitrogen and oxygen atoms in total. The number of aromatic nitrogens is 3. The van der Waals surface area contributed by atoms with Crippen molar-refractivity contribution in [3.05, 3.63) is 47.4 Å². The third kappa shape index (κ3) is 5.45. The van der Waals surface area contributed by atoms with Crippen LogP contribution in [0.25, 0.3) is 21.7 Å². The van der Waals surface area contributed by atoms with E-state index in [1.807, 2.05) is 13.8 Å². The molecule has 0 aliphatic heterocycles. The predicted octanol–water partition coefficient (Wildman–Crippen LogP) is 4.95. The van der Waals surface area contributed by atoms with Gasteiger partial charge in [-0.05, 0) is 26.0 Å². The minimum Gasteiger partial charge on any atom is -0.465 e. The van der Waals surface area contributed by atoms with Crippen molar-refractivity contribution in [1.82, 2.24) is 19.9 Å². The molecule has 3 rings (SSSR count). The Morgan fingerprint density at radius 2 is 1.85 bits per heavy atom. The Balaban J connectivity index is 2.10. The molecule has 2 amide bonds. The van der Waals surface area contributed by atoms with Gasteiger partial charge in [-0.25, -0.2) is 19.6 Å². The second-order valence-corrected chi connectivity index (χ2v) is 7.57. The highest BCUT2D eigenvalue weighted by atomic mass is 32.1. The van der Waals surface area contributed by atoms with Crippen LogP contribution < -0.4 is 5.32 Å². The Kier molecular flexibility index (Phi) is 7.26. The monoisotopic (exact) mass is 479 g/mol. The van der Waals surface area contributed by atoms with Crippen LogP contribution in [0, 0.1) is 0 Å². The summed E-state index contributed by atoms with van der Waals surface area (Å²) in [6.07, 6.45) is -0.459. The molecule has 0 radical (unpaired) electrons. The lowest BCUT2D eigenvalue weighted by Gasteiger charge is -2.19. The number of nitrogens with zero attached hydrogens (tertiary/aromatic N) is 4. The van der Waals surface area contributed by atoms with E-state index in [1.54, 1.807) is 0 Å². The highest BCUT2D eigenvalue weighted by Gasteiger charge is 2.34. The summed E-state index contributed by atoms with van der Waals surface area (Å²) < 4.78 is 44.1. The van der Waals surface area contributed by atoms with Crippen LogP contribution in [0.4, 0.5) is 23.8 Å². The van der Waals surface area contributed by atoms with Gasteiger partial charge in [0.1, 0.15) is 10.8 Å². The molecule has 0 spiro atoms. The van der Waals surface area contributed by atoms with Crippen LogP contribution in [0.3, 0.4) is 0 Å². The molecule has 33 heavy (non-hydrogen) atoms. The average molecular weight is 479 g/mol. The van der Waals surface area contributed by atoms with E-state index in [1.165, 1.54) is 42.7 Å². The Hall–Kier alpha value is -3.54. The fourth-order valence-electron chi connectivity index (χ4n) is 2.97. The third-order valence-corrected chi connectivity index (χ3v) is 5.56. The number of hydrogen-bond donors (Lipinski definition) is 1. The number of hydrogen-bond acceptors (Lipinski definition) is 7. The quantitative estimate of drug-likeness (QED) is 0.503. The van der Waals surface area contributed by atoms with Crippen LogP contribution in [0.2, 0.25) is 0 Å². The maximum absolute atomic E-state index is 13.1. The lowest BCUT2D eigenvalue weighted by atomic mass is 10.0. The molecule has 0 saturated carbocycles. The fraction of sp³-hybridized carbons (Fsp3) is 0.286. The second kappa shape index (κ2) is 9.94. The highest BCUT2D eigenvalue weighted by Crippen LogP contribution is 2.38. The van der Waals surface area contributed by atoms with Gasteiger partial charge < -0.3 is 9.64 Å². The standard InChI is InChI=1S/C21H20F3N5O3S/c1-4-29(5-2)20(31)28-17-7-14(18-27-16(11-33-18)21(22,23)24)15(10-26-17)12-6-13(9-25-8-12)19(30)32-3/h6-11H,4-5H2,1-3H3,(H,26,28,31). The molecular weight excluding hydrogens is 459 g/mol. The number of carbonyl (C=O) groups is 2. The maximum atomic E-state index is 13.1. The molecule has 0 aliphatic carbocycles. The molecule has 12 heteroatoms. The zero-order chi connectivity index (χ0) is 24.2. The van der Waals surface area contributed by atoms with E-state index in [0.29, 0.717) is 29.8 Å². The molecule has 3 aromatic heterocycles. The number of carbonyl (C=O) groups excluding carboxylic acids is 2. The number of urea groups is 1. The van der Waals surface area contributed by atoms with Crippen LogP contribution in [0.1, 0.15) is 29.9 Å². The van der Waals surface area contributed by atoms with Gasteiger partial charge in [-0.3, -0.25) is 10.3 Å². The van der Waals surface area contributed by atoms with Gasteiger partial charge in [-0.2, -0.15) is 13.2 Å². The number of methoxy groups -OCH3 is 1. The molecule has 0 atom stereocenters. The second-order valence-electron chi connectivity index (χ2n) is 6.71. The predicted molar refractivity (Wildman–Crippen MR) is 117 cm³/mol. The minimum atomic E-state index is -4.60. The molecule has 0 saturated heterocycles. The van der Waals surface area contributed by atoms with Crippen LogP contribution in [-0.4, -0.2) is 52.1 Å². The summed E-state index contributed by atoms with van der Waals surface area (Å²) >= 11 is 0.802. The summed E-state index contributed by atoms with van der Waals surface area (Å²) in [7, 11) is 1.23. The van der Waals surface area contributed by atoms with Crippen LogP contribution in [0.15, 0.2) is 36.1 Å². The lowest BCUT2D eigenvalue weighted by Crippen LogP contribution is -2.34. The molecule has 0 aliphatic rings. The molecule has 1 N–H and O–H groups in total. The summed E-state index contributed by atoms with van der Waals surface area (Å²) in [5.74, 6) is -0.470. The highest BCUT2D eigenvalue weighted by molar-refractivity contribution is 7.13. The van der Waals surface area contributed by atoms with Gasteiger partial charge >= 0.3 is 18.2 Å². The third-order valence-electron chi connectivity index (χ3n) is 4.68. The molecule has 0 aromatic carbocycles. The maximum Gasteiger partial charge on any atom is 0.434 e. The van der Waals surface area contributed by atoms with E-state index in [2.05, 4.69) is 20.3 Å². The van der Waals surface area contributed by atoms with Gasteiger partial charge in [0.05, 0.1) is 12.7 Å². The van der Waals surface area contributed by atoms with Gasteiger partial charge in [0.2, 0.25) is 0 Å². The van der Waals surface area contributed by atoms with E-state index in [-0.39, 0.29) is 16.4 Å². The molecule has 0 bridgehead atoms. The van der Waals surface area contributed by atoms with Gasteiger partial charge in [0, 0.05) is 53.8 Å². The van der Waals surface area contributed by atoms with Crippen LogP contribution in [0.5, 0.6) is 0 Å². The summed E-state index contributed by atoms with van der Waals surface area (Å²) in [4.78, 5) is 37.8. The number of halogens is 3. The van der Waals surface area contributed by atoms with Crippen molar-refractivity contribution >= 4 is 29.2 Å². The van der Waals surface area contributed by atoms with Crippen LogP contribution in [-0.2, 0) is 10.9 Å². The van der Waals surface area contributed by atoms with E-state index in [0.717, 1.165) is 16.7 Å². The normalized spacial score (nSPS) is 11.2. The molecule has 3 aromatic rings. The number of alkyl halides is 3. The van der Waals surface area contributed by atoms with Gasteiger partial charge in [-0.15, -0.1) is 11.3 Å². The van der Waals surface area contributed by atoms with Crippen molar-refractivity contribution in [1.29, 1.82) is 0 Å². The van der Waals surface area contributed by atoms with Crippen molar-refractivity contribution < 1.29 is 27.5 Å². The first-order valence-electron chi connectivity index (χ1n) is 9.80. The number of anilines is 1. The first kappa shape index (κ1) is 24.1. The van der Waals surface area contributed by atoms with Crippen molar-refractivity contribution in [3.63, 3.8) is 0 Å². The zero-order valence-corrected chi connectivity index (χ0v) is 18.8. The van der Waals surface area contributed by atoms with E-state index >= 15 is 0 Å². The largest absolute Gasteiger partial charge is 0.465 e. The first-order valence-corrected chi connectivity index (χ1v) is 10.7. The number of thiazole rings is 1. The number of nitrogens with one attached hydrogen (secondary N) is 1. The fourth-order valence-corrected chi connectivity index (χ4v) is 3.83. The Morgan fingerprint density at radius 1 is 1.12 bits per heavy atom. The number of esters is 1. The van der Waals surface area contributed by atoms with Crippen LogP contribution >= 0.6 is 11.3 Å². The topological polar surface area (TPSA) is 97.3 Å². The van der Waals surface area contributed by atoms with Crippen molar-refractivity contribution in [3.8, 4) is 21.7 Å². The zero-order valence-electron chi connectivity index (χ0n) is 17.9. The number of rotatable bonds is 6. The molecular formula is C21H20F3N5O3S. The number of amides is 2. The van der Waals surface area contributed by atoms with Gasteiger partial charge in [-0.1, -0.05) is 0 Å². The molecule has 0 unspecified atom stereocenters. The molecule has 0 fully saturated rings. The van der Waals surface area contributed by atoms with Crippen molar-refractivity contribution in [2.75, 3.05) is 25.5 Å². The Morgan fingerprint density at radius 3 is 2.45 bits per heavy atom. The van der Waals surface area contributed by atoms with E-state index in [4.69, 9.17) is 4.74 Å². The molecule has 3 heterocycles. The summed E-state index contributed by atoms with van der Waals surface area (Å²) in [5, 5.41) is 3.63. The van der Waals surface area contributed by atoms with E-state index < -0.39 is 23.9 Å². The first-order chi connectivity index (χ1) is 15.7. The number of ether oxygens (including phenoxy) is 1. The summed E-state index contributed by atoms with van der Waals surface area (Å²) in [6.45, 7) is 4.59. The minimum absolute atomic E-state index is 0.0709. The van der Waals surface area contributed by atoms with Gasteiger partial charge in [0.25, 0.3) is 0 Å². The summed E-state index contributed by atoms with van der Waals surface area (Å²) in [6, 6.07) is 2.54. The van der Waals surface area contributed by atoms with Crippen molar-refractivity contribution in [2.24, 2.45) is 0 Å². The summed E-state index contributed by atoms with van der Waals surface area (Å²) in [5.41, 5.74) is 0.238. The molecule has 174 valence electrons. The average Bonchev–Trinajstić information content (AvgIpc) is 3.30. The van der Waals surface area contributed by atoms with Crippen molar-refractivity contribution in [2.45, 2.75) is 20.0 Å². The smallest absolute Gasteiger partial charge is 0.434 e. The SMILES string of the molecule is CCN(CC)C(=O)Nc1cc(-c2nc(C(F)(F)F)cs2)c(-c2cncc(C(=O)OC)c2)cn1.